The fourth-order valence-electron chi connectivity index (χ4n) is 1.05. The van der Waals surface area contributed by atoms with Gasteiger partial charge in [0.05, 0.1) is 5.03 Å². The maximum atomic E-state index is 4.25. The topological polar surface area (TPSA) is 24.9 Å². The van der Waals surface area contributed by atoms with Crippen LogP contribution in [0.5, 0.6) is 0 Å². The number of pyridine rings is 1. The van der Waals surface area contributed by atoms with E-state index in [9.17, 15) is 0 Å². The zero-order valence-electron chi connectivity index (χ0n) is 8.86. The molecular formula is C11H18N2S. The first-order valence-electron chi connectivity index (χ1n) is 5.03. The molecule has 0 saturated carbocycles. The molecule has 0 unspecified atom stereocenters. The molecular weight excluding hydrogens is 192 g/mol. The van der Waals surface area contributed by atoms with E-state index in [0.29, 0.717) is 0 Å². The Kier molecular flexibility index (Phi) is 5.64. The van der Waals surface area contributed by atoms with Gasteiger partial charge in [-0.05, 0) is 24.6 Å². The van der Waals surface area contributed by atoms with Crippen LogP contribution in [0.4, 0.5) is 0 Å². The molecule has 1 N–H and O–H groups in total. The Morgan fingerprint density at radius 1 is 1.43 bits per heavy atom. The Morgan fingerprint density at radius 3 is 2.93 bits per heavy atom. The van der Waals surface area contributed by atoms with Crippen LogP contribution in [0.1, 0.15) is 13.8 Å². The number of thioether (sulfide) groups is 1. The number of rotatable bonds is 6. The van der Waals surface area contributed by atoms with Gasteiger partial charge in [-0.1, -0.05) is 19.9 Å². The van der Waals surface area contributed by atoms with Crippen molar-refractivity contribution in [1.82, 2.24) is 10.3 Å². The summed E-state index contributed by atoms with van der Waals surface area (Å²) in [6.45, 7) is 6.60. The molecule has 3 heteroatoms. The van der Waals surface area contributed by atoms with E-state index in [0.717, 1.165) is 29.8 Å². The minimum atomic E-state index is 0.731. The lowest BCUT2D eigenvalue weighted by Gasteiger charge is -2.06. The summed E-state index contributed by atoms with van der Waals surface area (Å²) in [7, 11) is 0. The normalized spacial score (nSPS) is 10.8. The fraction of sp³-hybridized carbons (Fsp3) is 0.545. The maximum Gasteiger partial charge on any atom is 0.0960 e. The van der Waals surface area contributed by atoms with E-state index < -0.39 is 0 Å². The average Bonchev–Trinajstić information content (AvgIpc) is 2.18. The molecule has 1 aromatic heterocycles. The van der Waals surface area contributed by atoms with E-state index in [-0.39, 0.29) is 0 Å². The minimum absolute atomic E-state index is 0.731. The van der Waals surface area contributed by atoms with Gasteiger partial charge in [0.25, 0.3) is 0 Å². The van der Waals surface area contributed by atoms with Gasteiger partial charge < -0.3 is 5.32 Å². The van der Waals surface area contributed by atoms with Gasteiger partial charge in [-0.3, -0.25) is 0 Å². The first-order valence-corrected chi connectivity index (χ1v) is 6.02. The molecule has 0 atom stereocenters. The van der Waals surface area contributed by atoms with Crippen molar-refractivity contribution < 1.29 is 0 Å². The highest BCUT2D eigenvalue weighted by Crippen LogP contribution is 2.12. The predicted octanol–water partition coefficient (Wildman–Crippen LogP) is 2.42. The second kappa shape index (κ2) is 6.85. The Morgan fingerprint density at radius 2 is 2.29 bits per heavy atom. The standard InChI is InChI=1S/C11H18N2S/c1-10(2)9-12-7-8-14-11-5-3-4-6-13-11/h3-6,10,12H,7-9H2,1-2H3. The summed E-state index contributed by atoms with van der Waals surface area (Å²) in [5, 5.41) is 4.52. The van der Waals surface area contributed by atoms with Crippen molar-refractivity contribution in [1.29, 1.82) is 0 Å². The number of aromatic nitrogens is 1. The summed E-state index contributed by atoms with van der Waals surface area (Å²) in [5.41, 5.74) is 0. The van der Waals surface area contributed by atoms with Crippen molar-refractivity contribution in [2.45, 2.75) is 18.9 Å². The van der Waals surface area contributed by atoms with Crippen LogP contribution in [0.15, 0.2) is 29.4 Å². The molecule has 2 nitrogen and oxygen atoms in total. The number of hydrogen-bond donors (Lipinski definition) is 1. The summed E-state index contributed by atoms with van der Waals surface area (Å²) in [6, 6.07) is 6.02. The van der Waals surface area contributed by atoms with Gasteiger partial charge >= 0.3 is 0 Å². The van der Waals surface area contributed by atoms with Crippen molar-refractivity contribution in [3.8, 4) is 0 Å². The SMILES string of the molecule is CC(C)CNCCSc1ccccn1. The van der Waals surface area contributed by atoms with Gasteiger partial charge in [-0.2, -0.15) is 0 Å². The largest absolute Gasteiger partial charge is 0.316 e. The predicted molar refractivity (Wildman–Crippen MR) is 62.7 cm³/mol. The van der Waals surface area contributed by atoms with E-state index in [2.05, 4.69) is 24.1 Å². The third kappa shape index (κ3) is 5.25. The second-order valence-electron chi connectivity index (χ2n) is 3.61. The molecule has 1 rings (SSSR count). The van der Waals surface area contributed by atoms with Crippen molar-refractivity contribution >= 4 is 11.8 Å². The highest BCUT2D eigenvalue weighted by molar-refractivity contribution is 7.99. The van der Waals surface area contributed by atoms with Gasteiger partial charge in [0.2, 0.25) is 0 Å². The Balaban J connectivity index is 2.05. The minimum Gasteiger partial charge on any atom is -0.316 e. The highest BCUT2D eigenvalue weighted by Gasteiger charge is 1.94. The average molecular weight is 210 g/mol. The summed E-state index contributed by atoms with van der Waals surface area (Å²) in [6.07, 6.45) is 1.84. The molecule has 0 bridgehead atoms. The molecule has 14 heavy (non-hydrogen) atoms. The summed E-state index contributed by atoms with van der Waals surface area (Å²) in [5.74, 6) is 1.82. The van der Waals surface area contributed by atoms with Crippen LogP contribution in [0.2, 0.25) is 0 Å². The highest BCUT2D eigenvalue weighted by atomic mass is 32.2. The molecule has 0 aliphatic rings. The van der Waals surface area contributed by atoms with Crippen LogP contribution in [0.25, 0.3) is 0 Å². The molecule has 0 fully saturated rings. The Labute approximate surface area is 90.5 Å². The summed E-state index contributed by atoms with van der Waals surface area (Å²) in [4.78, 5) is 4.25. The molecule has 0 aliphatic carbocycles. The zero-order chi connectivity index (χ0) is 10.2. The number of hydrogen-bond acceptors (Lipinski definition) is 3. The van der Waals surface area contributed by atoms with Gasteiger partial charge in [0.15, 0.2) is 0 Å². The van der Waals surface area contributed by atoms with Crippen molar-refractivity contribution in [3.63, 3.8) is 0 Å². The van der Waals surface area contributed by atoms with Crippen molar-refractivity contribution in [2.24, 2.45) is 5.92 Å². The third-order valence-corrected chi connectivity index (χ3v) is 2.66. The van der Waals surface area contributed by atoms with Gasteiger partial charge in [-0.25, -0.2) is 4.98 Å². The molecule has 0 aromatic carbocycles. The molecule has 0 spiro atoms. The molecule has 0 radical (unpaired) electrons. The van der Waals surface area contributed by atoms with E-state index in [1.165, 1.54) is 0 Å². The fourth-order valence-corrected chi connectivity index (χ4v) is 1.82. The molecule has 0 amide bonds. The van der Waals surface area contributed by atoms with E-state index in [1.807, 2.05) is 24.4 Å². The van der Waals surface area contributed by atoms with Crippen LogP contribution in [-0.4, -0.2) is 23.8 Å². The number of nitrogens with zero attached hydrogens (tertiary/aromatic N) is 1. The molecule has 0 saturated heterocycles. The van der Waals surface area contributed by atoms with Crippen LogP contribution in [0, 0.1) is 5.92 Å². The van der Waals surface area contributed by atoms with Crippen LogP contribution in [0.3, 0.4) is 0 Å². The van der Waals surface area contributed by atoms with Crippen LogP contribution >= 0.6 is 11.8 Å². The van der Waals surface area contributed by atoms with E-state index in [4.69, 9.17) is 0 Å². The maximum absolute atomic E-state index is 4.25. The summed E-state index contributed by atoms with van der Waals surface area (Å²) < 4.78 is 0. The first-order chi connectivity index (χ1) is 6.79. The Bertz CT molecular complexity index is 236. The monoisotopic (exact) mass is 210 g/mol. The lowest BCUT2D eigenvalue weighted by atomic mass is 10.2. The number of nitrogens with one attached hydrogen (secondary N) is 1. The molecule has 78 valence electrons. The van der Waals surface area contributed by atoms with E-state index >= 15 is 0 Å². The van der Waals surface area contributed by atoms with Crippen LogP contribution < -0.4 is 5.32 Å². The van der Waals surface area contributed by atoms with Crippen molar-refractivity contribution in [2.75, 3.05) is 18.8 Å². The second-order valence-corrected chi connectivity index (χ2v) is 4.73. The van der Waals surface area contributed by atoms with Crippen molar-refractivity contribution in [3.05, 3.63) is 24.4 Å². The van der Waals surface area contributed by atoms with E-state index in [1.54, 1.807) is 11.8 Å². The smallest absolute Gasteiger partial charge is 0.0960 e. The molecule has 0 aliphatic heterocycles. The summed E-state index contributed by atoms with van der Waals surface area (Å²) >= 11 is 1.80. The van der Waals surface area contributed by atoms with Gasteiger partial charge in [0.1, 0.15) is 0 Å². The third-order valence-electron chi connectivity index (χ3n) is 1.72. The quantitative estimate of drug-likeness (QED) is 0.576. The van der Waals surface area contributed by atoms with Crippen LogP contribution in [-0.2, 0) is 0 Å². The van der Waals surface area contributed by atoms with Gasteiger partial charge in [0, 0.05) is 18.5 Å². The lowest BCUT2D eigenvalue weighted by Crippen LogP contribution is -2.22. The lowest BCUT2D eigenvalue weighted by molar-refractivity contribution is 0.568. The van der Waals surface area contributed by atoms with Gasteiger partial charge in [-0.15, -0.1) is 11.8 Å². The Hall–Kier alpha value is -0.540. The molecule has 1 heterocycles. The zero-order valence-corrected chi connectivity index (χ0v) is 9.68. The molecule has 1 aromatic rings. The first kappa shape index (κ1) is 11.5.